The Morgan fingerprint density at radius 3 is 2.95 bits per heavy atom. The largest absolute Gasteiger partial charge is 0.355 e. The molecule has 0 saturated carbocycles. The summed E-state index contributed by atoms with van der Waals surface area (Å²) in [6, 6.07) is 4.26. The van der Waals surface area contributed by atoms with E-state index in [9.17, 15) is 0 Å². The predicted octanol–water partition coefficient (Wildman–Crippen LogP) is 0.509. The van der Waals surface area contributed by atoms with Gasteiger partial charge in [0.2, 0.25) is 0 Å². The minimum absolute atomic E-state index is 0.734. The molecular weight excluding hydrogens is 252 g/mol. The van der Waals surface area contributed by atoms with Gasteiger partial charge in [0.05, 0.1) is 0 Å². The maximum atomic E-state index is 5.66. The van der Waals surface area contributed by atoms with Crippen LogP contribution in [0.25, 0.3) is 5.65 Å². The Balaban J connectivity index is 1.85. The van der Waals surface area contributed by atoms with E-state index in [1.807, 2.05) is 4.52 Å². The van der Waals surface area contributed by atoms with Gasteiger partial charge in [0.25, 0.3) is 0 Å². The van der Waals surface area contributed by atoms with Crippen molar-refractivity contribution in [3.63, 3.8) is 0 Å². The van der Waals surface area contributed by atoms with E-state index in [-0.39, 0.29) is 0 Å². The van der Waals surface area contributed by atoms with Crippen molar-refractivity contribution in [2.45, 2.75) is 13.3 Å². The molecule has 0 spiro atoms. The third-order valence-electron chi connectivity index (χ3n) is 3.86. The van der Waals surface area contributed by atoms with E-state index in [1.54, 1.807) is 6.33 Å². The molecule has 0 amide bonds. The van der Waals surface area contributed by atoms with Crippen molar-refractivity contribution < 1.29 is 0 Å². The van der Waals surface area contributed by atoms with Crippen molar-refractivity contribution in [1.82, 2.24) is 19.5 Å². The number of nitrogens with zero attached hydrogens (tertiary/aromatic N) is 5. The van der Waals surface area contributed by atoms with Gasteiger partial charge in [-0.1, -0.05) is 0 Å². The van der Waals surface area contributed by atoms with Crippen LogP contribution < -0.4 is 10.6 Å². The van der Waals surface area contributed by atoms with Gasteiger partial charge in [-0.3, -0.25) is 0 Å². The lowest BCUT2D eigenvalue weighted by Gasteiger charge is -2.24. The second-order valence-corrected chi connectivity index (χ2v) is 5.39. The summed E-state index contributed by atoms with van der Waals surface area (Å²) in [5, 5.41) is 4.35. The van der Waals surface area contributed by atoms with Gasteiger partial charge in [-0.15, -0.1) is 0 Å². The SMILES string of the molecule is Cc1cc(N2CCCN(CCN)CC2)n2ncnc2c1. The zero-order valence-corrected chi connectivity index (χ0v) is 12.0. The van der Waals surface area contributed by atoms with Crippen LogP contribution in [0.2, 0.25) is 0 Å². The number of hydrogen-bond donors (Lipinski definition) is 1. The van der Waals surface area contributed by atoms with Crippen molar-refractivity contribution in [2.24, 2.45) is 5.73 Å². The lowest BCUT2D eigenvalue weighted by Crippen LogP contribution is -2.34. The van der Waals surface area contributed by atoms with E-state index >= 15 is 0 Å². The van der Waals surface area contributed by atoms with Crippen LogP contribution in [0.5, 0.6) is 0 Å². The molecule has 20 heavy (non-hydrogen) atoms. The summed E-state index contributed by atoms with van der Waals surface area (Å²) in [5.41, 5.74) is 7.80. The summed E-state index contributed by atoms with van der Waals surface area (Å²) in [4.78, 5) is 9.15. The van der Waals surface area contributed by atoms with Gasteiger partial charge < -0.3 is 15.5 Å². The highest BCUT2D eigenvalue weighted by atomic mass is 15.4. The minimum Gasteiger partial charge on any atom is -0.355 e. The molecule has 6 heteroatoms. The van der Waals surface area contributed by atoms with E-state index in [0.717, 1.165) is 57.2 Å². The Bertz CT molecular complexity index is 578. The van der Waals surface area contributed by atoms with Crippen LogP contribution in [-0.2, 0) is 0 Å². The Hall–Kier alpha value is -1.66. The van der Waals surface area contributed by atoms with Crippen LogP contribution in [0.15, 0.2) is 18.5 Å². The lowest BCUT2D eigenvalue weighted by molar-refractivity contribution is 0.302. The average Bonchev–Trinajstić information content (AvgIpc) is 2.77. The Kier molecular flexibility index (Phi) is 3.84. The van der Waals surface area contributed by atoms with Crippen molar-refractivity contribution in [1.29, 1.82) is 0 Å². The fourth-order valence-electron chi connectivity index (χ4n) is 2.87. The number of fused-ring (bicyclic) bond motifs is 1. The van der Waals surface area contributed by atoms with Gasteiger partial charge in [0, 0.05) is 32.7 Å². The summed E-state index contributed by atoms with van der Waals surface area (Å²) in [7, 11) is 0. The molecule has 3 rings (SSSR count). The molecule has 0 unspecified atom stereocenters. The summed E-state index contributed by atoms with van der Waals surface area (Å²) >= 11 is 0. The van der Waals surface area contributed by atoms with E-state index in [4.69, 9.17) is 5.73 Å². The molecule has 0 aromatic carbocycles. The number of pyridine rings is 1. The average molecular weight is 274 g/mol. The molecular formula is C14H22N6. The molecule has 1 fully saturated rings. The number of rotatable bonds is 3. The number of aromatic nitrogens is 3. The van der Waals surface area contributed by atoms with Crippen molar-refractivity contribution in [2.75, 3.05) is 44.2 Å². The molecule has 0 atom stereocenters. The first-order valence-corrected chi connectivity index (χ1v) is 7.25. The number of anilines is 1. The quantitative estimate of drug-likeness (QED) is 0.883. The van der Waals surface area contributed by atoms with Crippen molar-refractivity contribution in [3.8, 4) is 0 Å². The van der Waals surface area contributed by atoms with Crippen molar-refractivity contribution in [3.05, 3.63) is 24.0 Å². The van der Waals surface area contributed by atoms with Crippen LogP contribution in [0.4, 0.5) is 5.82 Å². The first-order chi connectivity index (χ1) is 9.78. The van der Waals surface area contributed by atoms with E-state index < -0.39 is 0 Å². The van der Waals surface area contributed by atoms with E-state index in [1.165, 1.54) is 5.56 Å². The second kappa shape index (κ2) is 5.76. The zero-order valence-electron chi connectivity index (χ0n) is 12.0. The summed E-state index contributed by atoms with van der Waals surface area (Å²) in [5.74, 6) is 1.15. The molecule has 1 saturated heterocycles. The molecule has 1 aliphatic heterocycles. The van der Waals surface area contributed by atoms with E-state index in [2.05, 4.69) is 38.9 Å². The number of hydrogen-bond acceptors (Lipinski definition) is 5. The van der Waals surface area contributed by atoms with Gasteiger partial charge in [0.15, 0.2) is 5.65 Å². The molecule has 0 radical (unpaired) electrons. The standard InChI is InChI=1S/C14H22N6/c1-12-9-13-16-11-17-20(13)14(10-12)19-5-2-4-18(6-3-15)7-8-19/h9-11H,2-8,15H2,1H3. The minimum atomic E-state index is 0.734. The zero-order chi connectivity index (χ0) is 13.9. The molecule has 2 N–H and O–H groups in total. The van der Waals surface area contributed by atoms with Gasteiger partial charge >= 0.3 is 0 Å². The van der Waals surface area contributed by atoms with Gasteiger partial charge in [-0.2, -0.15) is 9.61 Å². The molecule has 0 bridgehead atoms. The van der Waals surface area contributed by atoms with Crippen molar-refractivity contribution >= 4 is 11.5 Å². The summed E-state index contributed by atoms with van der Waals surface area (Å²) in [6.07, 6.45) is 2.78. The molecule has 1 aliphatic rings. The van der Waals surface area contributed by atoms with E-state index in [0.29, 0.717) is 0 Å². The molecule has 6 nitrogen and oxygen atoms in total. The number of nitrogens with two attached hydrogens (primary N) is 1. The third kappa shape index (κ3) is 2.62. The highest BCUT2D eigenvalue weighted by molar-refractivity contribution is 5.53. The maximum Gasteiger partial charge on any atom is 0.157 e. The molecule has 3 heterocycles. The first kappa shape index (κ1) is 13.3. The topological polar surface area (TPSA) is 62.7 Å². The Morgan fingerprint density at radius 2 is 2.10 bits per heavy atom. The van der Waals surface area contributed by atoms with Gasteiger partial charge in [-0.05, 0) is 37.6 Å². The smallest absolute Gasteiger partial charge is 0.157 e. The predicted molar refractivity (Wildman–Crippen MR) is 80.0 cm³/mol. The molecule has 108 valence electrons. The number of aryl methyl sites for hydroxylation is 1. The fourth-order valence-corrected chi connectivity index (χ4v) is 2.87. The summed E-state index contributed by atoms with van der Waals surface area (Å²) < 4.78 is 1.94. The fraction of sp³-hybridized carbons (Fsp3) is 0.571. The van der Waals surface area contributed by atoms with Crippen LogP contribution >= 0.6 is 0 Å². The second-order valence-electron chi connectivity index (χ2n) is 5.39. The normalized spacial score (nSPS) is 17.6. The van der Waals surface area contributed by atoms with Gasteiger partial charge in [-0.25, -0.2) is 4.98 Å². The maximum absolute atomic E-state index is 5.66. The monoisotopic (exact) mass is 274 g/mol. The molecule has 2 aromatic rings. The Labute approximate surface area is 119 Å². The molecule has 0 aliphatic carbocycles. The lowest BCUT2D eigenvalue weighted by atomic mass is 10.2. The van der Waals surface area contributed by atoms with Crippen LogP contribution in [0, 0.1) is 6.92 Å². The summed E-state index contributed by atoms with van der Waals surface area (Å²) in [6.45, 7) is 8.08. The van der Waals surface area contributed by atoms with Crippen LogP contribution in [-0.4, -0.2) is 58.8 Å². The van der Waals surface area contributed by atoms with Crippen LogP contribution in [0.3, 0.4) is 0 Å². The highest BCUT2D eigenvalue weighted by Gasteiger charge is 2.17. The first-order valence-electron chi connectivity index (χ1n) is 7.25. The van der Waals surface area contributed by atoms with Gasteiger partial charge in [0.1, 0.15) is 12.1 Å². The molecule has 2 aromatic heterocycles. The Morgan fingerprint density at radius 1 is 1.20 bits per heavy atom. The van der Waals surface area contributed by atoms with Crippen LogP contribution in [0.1, 0.15) is 12.0 Å². The highest BCUT2D eigenvalue weighted by Crippen LogP contribution is 2.19. The third-order valence-corrected chi connectivity index (χ3v) is 3.86.